The van der Waals surface area contributed by atoms with E-state index in [0.717, 1.165) is 17.5 Å². The lowest BCUT2D eigenvalue weighted by Gasteiger charge is -2.11. The number of methoxy groups -OCH3 is 1. The van der Waals surface area contributed by atoms with Gasteiger partial charge in [0.2, 0.25) is 0 Å². The highest BCUT2D eigenvalue weighted by Crippen LogP contribution is 2.29. The Balaban J connectivity index is 1.54. The van der Waals surface area contributed by atoms with Crippen LogP contribution in [-0.4, -0.2) is 35.7 Å². The summed E-state index contributed by atoms with van der Waals surface area (Å²) in [6.45, 7) is -1.79. The van der Waals surface area contributed by atoms with Crippen molar-refractivity contribution in [2.24, 2.45) is 0 Å². The first-order chi connectivity index (χ1) is 13.1. The van der Waals surface area contributed by atoms with Crippen LogP contribution in [0.1, 0.15) is 16.8 Å². The fraction of sp³-hybridized carbons (Fsp3) is 0.263. The van der Waals surface area contributed by atoms with E-state index in [1.807, 2.05) is 28.8 Å². The van der Waals surface area contributed by atoms with Gasteiger partial charge in [-0.15, -0.1) is 0 Å². The molecule has 0 aliphatic heterocycles. The molecule has 1 amide bonds. The molecule has 1 heterocycles. The Morgan fingerprint density at radius 2 is 2.04 bits per heavy atom. The number of nitrogens with one attached hydrogen (secondary N) is 1. The number of ether oxygens (including phenoxy) is 2. The summed E-state index contributed by atoms with van der Waals surface area (Å²) in [5.74, 6) is -0.351. The van der Waals surface area contributed by atoms with Gasteiger partial charge in [-0.05, 0) is 36.8 Å². The monoisotopic (exact) mass is 375 g/mol. The molecule has 2 aromatic carbocycles. The zero-order valence-corrected chi connectivity index (χ0v) is 14.7. The van der Waals surface area contributed by atoms with Gasteiger partial charge in [0.05, 0.1) is 24.5 Å². The molecule has 1 aromatic heterocycles. The fourth-order valence-electron chi connectivity index (χ4n) is 2.74. The minimum absolute atomic E-state index is 0.0767. The number of alkyl halides is 2. The second-order valence-corrected chi connectivity index (χ2v) is 5.78. The van der Waals surface area contributed by atoms with E-state index in [4.69, 9.17) is 4.74 Å². The van der Waals surface area contributed by atoms with Gasteiger partial charge in [-0.3, -0.25) is 4.79 Å². The Bertz CT molecular complexity index is 927. The first kappa shape index (κ1) is 18.6. The lowest BCUT2D eigenvalue weighted by molar-refractivity contribution is -0.0512. The second-order valence-electron chi connectivity index (χ2n) is 5.78. The minimum atomic E-state index is -2.96. The SMILES string of the molecule is COc1cc(C(=O)NCCCn2cnc3ccccc32)ccc1OC(F)F. The molecule has 27 heavy (non-hydrogen) atoms. The highest BCUT2D eigenvalue weighted by molar-refractivity contribution is 5.94. The molecule has 0 radical (unpaired) electrons. The number of carbonyl (C=O) groups is 1. The summed E-state index contributed by atoms with van der Waals surface area (Å²) in [5.41, 5.74) is 2.28. The van der Waals surface area contributed by atoms with Gasteiger partial charge in [0, 0.05) is 18.7 Å². The Kier molecular flexibility index (Phi) is 5.85. The molecule has 6 nitrogen and oxygen atoms in total. The molecule has 0 saturated heterocycles. The fourth-order valence-corrected chi connectivity index (χ4v) is 2.74. The highest BCUT2D eigenvalue weighted by atomic mass is 19.3. The van der Waals surface area contributed by atoms with Crippen molar-refractivity contribution in [2.75, 3.05) is 13.7 Å². The van der Waals surface area contributed by atoms with Gasteiger partial charge < -0.3 is 19.4 Å². The standard InChI is InChI=1S/C19H19F2N3O3/c1-26-17-11-13(7-8-16(17)27-19(20)21)18(25)22-9-4-10-24-12-23-14-5-2-3-6-15(14)24/h2-3,5-8,11-12,19H,4,9-10H2,1H3,(H,22,25). The van der Waals surface area contributed by atoms with Crippen LogP contribution < -0.4 is 14.8 Å². The number of aryl methyl sites for hydroxylation is 1. The quantitative estimate of drug-likeness (QED) is 0.613. The largest absolute Gasteiger partial charge is 0.493 e. The number of amides is 1. The van der Waals surface area contributed by atoms with Gasteiger partial charge in [-0.2, -0.15) is 8.78 Å². The predicted octanol–water partition coefficient (Wildman–Crippen LogP) is 3.47. The summed E-state index contributed by atoms with van der Waals surface area (Å²) >= 11 is 0. The van der Waals surface area contributed by atoms with Crippen LogP contribution in [0.5, 0.6) is 11.5 Å². The van der Waals surface area contributed by atoms with Crippen molar-refractivity contribution in [1.82, 2.24) is 14.9 Å². The van der Waals surface area contributed by atoms with Crippen LogP contribution in [0.15, 0.2) is 48.8 Å². The third-order valence-corrected chi connectivity index (χ3v) is 4.03. The Labute approximate surface area is 154 Å². The van der Waals surface area contributed by atoms with Crippen molar-refractivity contribution in [3.8, 4) is 11.5 Å². The maximum absolute atomic E-state index is 12.4. The molecule has 0 saturated carbocycles. The number of nitrogens with zero attached hydrogens (tertiary/aromatic N) is 2. The number of rotatable bonds is 8. The van der Waals surface area contributed by atoms with Crippen molar-refractivity contribution in [3.05, 3.63) is 54.4 Å². The molecule has 1 N–H and O–H groups in total. The highest BCUT2D eigenvalue weighted by Gasteiger charge is 2.14. The van der Waals surface area contributed by atoms with Crippen LogP contribution >= 0.6 is 0 Å². The third kappa shape index (κ3) is 4.52. The maximum Gasteiger partial charge on any atom is 0.387 e. The predicted molar refractivity (Wildman–Crippen MR) is 96.3 cm³/mol. The number of hydrogen-bond donors (Lipinski definition) is 1. The topological polar surface area (TPSA) is 65.4 Å². The molecule has 0 spiro atoms. The van der Waals surface area contributed by atoms with Gasteiger partial charge in [-0.25, -0.2) is 4.98 Å². The van der Waals surface area contributed by atoms with Crippen LogP contribution in [-0.2, 0) is 6.54 Å². The lowest BCUT2D eigenvalue weighted by Crippen LogP contribution is -2.25. The van der Waals surface area contributed by atoms with Crippen LogP contribution in [0.3, 0.4) is 0 Å². The molecular weight excluding hydrogens is 356 g/mol. The molecule has 0 bridgehead atoms. The normalized spacial score (nSPS) is 11.0. The molecule has 0 unspecified atom stereocenters. The van der Waals surface area contributed by atoms with E-state index in [0.29, 0.717) is 18.7 Å². The zero-order valence-electron chi connectivity index (χ0n) is 14.7. The number of fused-ring (bicyclic) bond motifs is 1. The van der Waals surface area contributed by atoms with Crippen molar-refractivity contribution < 1.29 is 23.0 Å². The summed E-state index contributed by atoms with van der Waals surface area (Å²) in [7, 11) is 1.32. The van der Waals surface area contributed by atoms with Crippen molar-refractivity contribution in [3.63, 3.8) is 0 Å². The molecule has 8 heteroatoms. The van der Waals surface area contributed by atoms with Crippen molar-refractivity contribution in [2.45, 2.75) is 19.6 Å². The van der Waals surface area contributed by atoms with E-state index in [1.54, 1.807) is 6.33 Å². The molecule has 0 fully saturated rings. The van der Waals surface area contributed by atoms with Crippen LogP contribution in [0.2, 0.25) is 0 Å². The van der Waals surface area contributed by atoms with E-state index in [-0.39, 0.29) is 17.4 Å². The van der Waals surface area contributed by atoms with Crippen molar-refractivity contribution in [1.29, 1.82) is 0 Å². The number of carbonyl (C=O) groups excluding carboxylic acids is 1. The number of benzene rings is 2. The second kappa shape index (κ2) is 8.48. The Morgan fingerprint density at radius 1 is 1.22 bits per heavy atom. The van der Waals surface area contributed by atoms with Gasteiger partial charge in [0.25, 0.3) is 5.91 Å². The number of halogens is 2. The minimum Gasteiger partial charge on any atom is -0.493 e. The number of hydrogen-bond acceptors (Lipinski definition) is 4. The first-order valence-corrected chi connectivity index (χ1v) is 8.39. The summed E-state index contributed by atoms with van der Waals surface area (Å²) in [6.07, 6.45) is 2.49. The maximum atomic E-state index is 12.4. The third-order valence-electron chi connectivity index (χ3n) is 4.03. The van der Waals surface area contributed by atoms with E-state index in [2.05, 4.69) is 15.0 Å². The average Bonchev–Trinajstić information content (AvgIpc) is 3.08. The van der Waals surface area contributed by atoms with Crippen molar-refractivity contribution >= 4 is 16.9 Å². The van der Waals surface area contributed by atoms with Gasteiger partial charge in [-0.1, -0.05) is 12.1 Å². The zero-order chi connectivity index (χ0) is 19.2. The molecule has 0 atom stereocenters. The van der Waals surface area contributed by atoms with E-state index in [1.165, 1.54) is 25.3 Å². The molecule has 3 rings (SSSR count). The summed E-state index contributed by atoms with van der Waals surface area (Å²) in [4.78, 5) is 16.6. The van der Waals surface area contributed by atoms with Crippen LogP contribution in [0, 0.1) is 0 Å². The van der Waals surface area contributed by atoms with Gasteiger partial charge in [0.1, 0.15) is 0 Å². The molecule has 0 aliphatic carbocycles. The number of para-hydroxylation sites is 2. The molecule has 142 valence electrons. The number of imidazole rings is 1. The summed E-state index contributed by atoms with van der Waals surface area (Å²) in [6, 6.07) is 11.9. The lowest BCUT2D eigenvalue weighted by atomic mass is 10.2. The van der Waals surface area contributed by atoms with E-state index in [9.17, 15) is 13.6 Å². The van der Waals surface area contributed by atoms with Crippen LogP contribution in [0.25, 0.3) is 11.0 Å². The van der Waals surface area contributed by atoms with E-state index >= 15 is 0 Å². The summed E-state index contributed by atoms with van der Waals surface area (Å²) in [5, 5.41) is 2.80. The van der Waals surface area contributed by atoms with Crippen LogP contribution in [0.4, 0.5) is 8.78 Å². The average molecular weight is 375 g/mol. The van der Waals surface area contributed by atoms with Gasteiger partial charge in [0.15, 0.2) is 11.5 Å². The smallest absolute Gasteiger partial charge is 0.387 e. The first-order valence-electron chi connectivity index (χ1n) is 8.39. The summed E-state index contributed by atoms with van der Waals surface area (Å²) < 4.78 is 36.1. The molecular formula is C19H19F2N3O3. The Hall–Kier alpha value is -3.16. The number of aromatic nitrogens is 2. The van der Waals surface area contributed by atoms with E-state index < -0.39 is 6.61 Å². The Morgan fingerprint density at radius 3 is 2.81 bits per heavy atom. The molecule has 0 aliphatic rings. The molecule has 3 aromatic rings. The van der Waals surface area contributed by atoms with Gasteiger partial charge >= 0.3 is 6.61 Å².